The first-order chi connectivity index (χ1) is 13.6. The van der Waals surface area contributed by atoms with Crippen LogP contribution in [0.25, 0.3) is 0 Å². The van der Waals surface area contributed by atoms with Gasteiger partial charge in [0.2, 0.25) is 0 Å². The highest BCUT2D eigenvalue weighted by Crippen LogP contribution is 2.58. The molecule has 0 aliphatic rings. The maximum Gasteiger partial charge on any atom is 0.356 e. The van der Waals surface area contributed by atoms with Crippen LogP contribution in [-0.2, 0) is 13.6 Å². The van der Waals surface area contributed by atoms with Crippen LogP contribution in [0.1, 0.15) is 21.7 Å². The summed E-state index contributed by atoms with van der Waals surface area (Å²) in [4.78, 5) is 33.0. The van der Waals surface area contributed by atoms with Gasteiger partial charge < -0.3 is 14.4 Å². The lowest BCUT2D eigenvalue weighted by atomic mass is 10.1. The van der Waals surface area contributed by atoms with Crippen LogP contribution < -0.4 is 5.32 Å². The summed E-state index contributed by atoms with van der Waals surface area (Å²) in [6, 6.07) is 8.40. The number of hydrogen-bond acceptors (Lipinski definition) is 8. The van der Waals surface area contributed by atoms with Crippen molar-refractivity contribution in [1.82, 2.24) is 5.32 Å². The van der Waals surface area contributed by atoms with Crippen molar-refractivity contribution < 1.29 is 28.3 Å². The minimum atomic E-state index is -3.91. The lowest BCUT2D eigenvalue weighted by molar-refractivity contribution is -0.394. The number of rotatable bonds is 8. The van der Waals surface area contributed by atoms with E-state index in [0.29, 0.717) is 10.6 Å². The van der Waals surface area contributed by atoms with Crippen LogP contribution in [0.5, 0.6) is 0 Å². The number of amides is 1. The number of nitrogens with one attached hydrogen (secondary N) is 1. The molecule has 0 aliphatic heterocycles. The third kappa shape index (κ3) is 5.15. The predicted octanol–water partition coefficient (Wildman–Crippen LogP) is 4.07. The quantitative estimate of drug-likeness (QED) is 0.364. The molecular formula is C16H15ClN3O8P. The van der Waals surface area contributed by atoms with Crippen molar-refractivity contribution in [2.24, 2.45) is 0 Å². The number of carbonyl (C=O) groups is 1. The average molecular weight is 444 g/mol. The molecule has 0 spiro atoms. The Morgan fingerprint density at radius 2 is 1.52 bits per heavy atom. The van der Waals surface area contributed by atoms with E-state index in [9.17, 15) is 29.6 Å². The second kappa shape index (κ2) is 9.10. The fourth-order valence-corrected chi connectivity index (χ4v) is 3.93. The number of nitro benzene ring substituents is 2. The molecule has 2 aromatic carbocycles. The van der Waals surface area contributed by atoms with Gasteiger partial charge in [0.25, 0.3) is 17.3 Å². The lowest BCUT2D eigenvalue weighted by Crippen LogP contribution is -2.29. The second-order valence-electron chi connectivity index (χ2n) is 5.58. The van der Waals surface area contributed by atoms with Crippen molar-refractivity contribution >= 4 is 36.5 Å². The van der Waals surface area contributed by atoms with Gasteiger partial charge in [-0.1, -0.05) is 23.7 Å². The Labute approximate surface area is 169 Å². The van der Waals surface area contributed by atoms with Gasteiger partial charge in [-0.05, 0) is 17.7 Å². The van der Waals surface area contributed by atoms with E-state index in [1.807, 2.05) is 0 Å². The van der Waals surface area contributed by atoms with E-state index in [1.54, 1.807) is 0 Å². The SMILES string of the molecule is COP(=O)(OC)[C@@H](NC(=O)c1cc([N+](=O)[O-])cc([N+](=O)[O-])c1)c1ccc(Cl)cc1. The van der Waals surface area contributed by atoms with E-state index < -0.39 is 40.5 Å². The molecule has 13 heteroatoms. The van der Waals surface area contributed by atoms with Crippen LogP contribution in [0.15, 0.2) is 42.5 Å². The van der Waals surface area contributed by atoms with Crippen LogP contribution in [0.3, 0.4) is 0 Å². The summed E-state index contributed by atoms with van der Waals surface area (Å²) >= 11 is 5.85. The van der Waals surface area contributed by atoms with E-state index in [-0.39, 0.29) is 5.56 Å². The maximum absolute atomic E-state index is 12.9. The lowest BCUT2D eigenvalue weighted by Gasteiger charge is -2.25. The molecule has 29 heavy (non-hydrogen) atoms. The van der Waals surface area contributed by atoms with Crippen molar-refractivity contribution in [1.29, 1.82) is 0 Å². The molecule has 0 saturated carbocycles. The Hall–Kier alpha value is -2.85. The summed E-state index contributed by atoms with van der Waals surface area (Å²) in [6.07, 6.45) is 0. The van der Waals surface area contributed by atoms with E-state index >= 15 is 0 Å². The Morgan fingerprint density at radius 1 is 1.03 bits per heavy atom. The number of nitro groups is 2. The first kappa shape index (κ1) is 22.4. The third-order valence-corrected chi connectivity index (χ3v) is 6.19. The van der Waals surface area contributed by atoms with Crippen molar-refractivity contribution in [3.63, 3.8) is 0 Å². The van der Waals surface area contributed by atoms with Gasteiger partial charge in [-0.25, -0.2) is 0 Å². The van der Waals surface area contributed by atoms with Crippen molar-refractivity contribution in [2.45, 2.75) is 5.78 Å². The molecule has 0 fully saturated rings. The van der Waals surface area contributed by atoms with Crippen molar-refractivity contribution in [2.75, 3.05) is 14.2 Å². The van der Waals surface area contributed by atoms with Gasteiger partial charge in [-0.15, -0.1) is 0 Å². The summed E-state index contributed by atoms with van der Waals surface area (Å²) in [7, 11) is -1.66. The maximum atomic E-state index is 12.9. The molecular weight excluding hydrogens is 429 g/mol. The van der Waals surface area contributed by atoms with E-state index in [1.165, 1.54) is 24.3 Å². The number of halogens is 1. The van der Waals surface area contributed by atoms with Crippen LogP contribution in [0.2, 0.25) is 5.02 Å². The number of carbonyl (C=O) groups excluding carboxylic acids is 1. The summed E-state index contributed by atoms with van der Waals surface area (Å²) in [6.45, 7) is 0. The molecule has 11 nitrogen and oxygen atoms in total. The zero-order valence-corrected chi connectivity index (χ0v) is 16.8. The van der Waals surface area contributed by atoms with Gasteiger partial charge >= 0.3 is 7.60 Å². The molecule has 1 amide bonds. The Morgan fingerprint density at radius 3 is 1.93 bits per heavy atom. The Balaban J connectivity index is 2.49. The van der Waals surface area contributed by atoms with Gasteiger partial charge in [0.15, 0.2) is 5.78 Å². The zero-order valence-electron chi connectivity index (χ0n) is 15.1. The van der Waals surface area contributed by atoms with Crippen LogP contribution in [0, 0.1) is 20.2 Å². The number of benzene rings is 2. The first-order valence-electron chi connectivity index (χ1n) is 7.82. The zero-order chi connectivity index (χ0) is 21.8. The molecule has 1 N–H and O–H groups in total. The molecule has 0 radical (unpaired) electrons. The smallest absolute Gasteiger partial charge is 0.334 e. The third-order valence-electron chi connectivity index (χ3n) is 3.87. The van der Waals surface area contributed by atoms with Gasteiger partial charge in [-0.3, -0.25) is 29.6 Å². The molecule has 0 aliphatic carbocycles. The highest BCUT2D eigenvalue weighted by molar-refractivity contribution is 7.54. The number of nitrogens with zero attached hydrogens (tertiary/aromatic N) is 2. The minimum Gasteiger partial charge on any atom is -0.334 e. The molecule has 154 valence electrons. The first-order valence-corrected chi connectivity index (χ1v) is 9.81. The Bertz CT molecular complexity index is 958. The molecule has 0 unspecified atom stereocenters. The molecule has 0 heterocycles. The Kier molecular flexibility index (Phi) is 7.04. The molecule has 2 rings (SSSR count). The monoisotopic (exact) mass is 443 g/mol. The fourth-order valence-electron chi connectivity index (χ4n) is 2.42. The highest BCUT2D eigenvalue weighted by Gasteiger charge is 2.37. The largest absolute Gasteiger partial charge is 0.356 e. The minimum absolute atomic E-state index is 0.315. The van der Waals surface area contributed by atoms with Gasteiger partial charge in [0.05, 0.1) is 21.5 Å². The molecule has 2 aromatic rings. The molecule has 1 atom stereocenters. The summed E-state index contributed by atoms with van der Waals surface area (Å²) in [5.41, 5.74) is -1.35. The van der Waals surface area contributed by atoms with Crippen LogP contribution in [-0.4, -0.2) is 30.0 Å². The normalized spacial score (nSPS) is 12.2. The van der Waals surface area contributed by atoms with E-state index in [0.717, 1.165) is 32.4 Å². The van der Waals surface area contributed by atoms with E-state index in [4.69, 9.17) is 20.6 Å². The average Bonchev–Trinajstić information content (AvgIpc) is 2.71. The predicted molar refractivity (Wildman–Crippen MR) is 103 cm³/mol. The number of hydrogen-bond donors (Lipinski definition) is 1. The fraction of sp³-hybridized carbons (Fsp3) is 0.188. The second-order valence-corrected chi connectivity index (χ2v) is 8.35. The highest BCUT2D eigenvalue weighted by atomic mass is 35.5. The van der Waals surface area contributed by atoms with Gasteiger partial charge in [-0.2, -0.15) is 0 Å². The summed E-state index contributed by atoms with van der Waals surface area (Å²) in [5, 5.41) is 24.9. The topological polar surface area (TPSA) is 151 Å². The molecule has 0 bridgehead atoms. The van der Waals surface area contributed by atoms with Crippen LogP contribution >= 0.6 is 19.2 Å². The van der Waals surface area contributed by atoms with E-state index in [2.05, 4.69) is 5.32 Å². The van der Waals surface area contributed by atoms with Crippen molar-refractivity contribution in [3.8, 4) is 0 Å². The molecule has 0 saturated heterocycles. The summed E-state index contributed by atoms with van der Waals surface area (Å²) in [5.74, 6) is -2.26. The van der Waals surface area contributed by atoms with Crippen molar-refractivity contribution in [3.05, 3.63) is 78.8 Å². The number of non-ortho nitro benzene ring substituents is 2. The van der Waals surface area contributed by atoms with Gasteiger partial charge in [0.1, 0.15) is 0 Å². The van der Waals surface area contributed by atoms with Crippen LogP contribution in [0.4, 0.5) is 11.4 Å². The standard InChI is InChI=1S/C16H15ClN3O8P/c1-27-29(26,28-2)16(10-3-5-12(17)6-4-10)18-15(21)11-7-13(19(22)23)9-14(8-11)20(24)25/h3-9,16H,1-2H3,(H,18,21)/t16-/m1/s1. The van der Waals surface area contributed by atoms with Gasteiger partial charge in [0, 0.05) is 31.4 Å². The summed E-state index contributed by atoms with van der Waals surface area (Å²) < 4.78 is 22.9. The molecule has 0 aromatic heterocycles.